The molecule has 0 saturated carbocycles. The van der Waals surface area contributed by atoms with Crippen LogP contribution in [0.4, 0.5) is 8.78 Å². The molecule has 3 heterocycles. The third-order valence-corrected chi connectivity index (χ3v) is 3.38. The fraction of sp³-hybridized carbons (Fsp3) is 0.700. The first kappa shape index (κ1) is 10.2. The second kappa shape index (κ2) is 3.49. The van der Waals surface area contributed by atoms with E-state index < -0.39 is 6.55 Å². The highest BCUT2D eigenvalue weighted by molar-refractivity contribution is 5.09. The van der Waals surface area contributed by atoms with Gasteiger partial charge in [-0.1, -0.05) is 0 Å². The smallest absolute Gasteiger partial charge is 0.315 e. The van der Waals surface area contributed by atoms with E-state index in [1.807, 2.05) is 0 Å². The largest absolute Gasteiger partial charge is 0.333 e. The van der Waals surface area contributed by atoms with Gasteiger partial charge in [-0.15, -0.1) is 0 Å². The molecule has 0 amide bonds. The lowest BCUT2D eigenvalue weighted by Crippen LogP contribution is -2.70. The van der Waals surface area contributed by atoms with Gasteiger partial charge in [0.05, 0.1) is 6.20 Å². The standard InChI is InChI=1S/C10H14F2N4/c11-9(12)16-3-8(1-14-16)2-15-6-10(7-15)4-13-5-10/h1,3,9,13H,2,4-7H2. The zero-order chi connectivity index (χ0) is 11.2. The van der Waals surface area contributed by atoms with Crippen molar-refractivity contribution in [2.24, 2.45) is 5.41 Å². The topological polar surface area (TPSA) is 33.1 Å². The SMILES string of the molecule is FC(F)n1cc(CN2CC3(CNC3)C2)cn1. The Morgan fingerprint density at radius 2 is 2.19 bits per heavy atom. The number of hydrogen-bond donors (Lipinski definition) is 1. The highest BCUT2D eigenvalue weighted by Crippen LogP contribution is 2.34. The maximum absolute atomic E-state index is 12.3. The van der Waals surface area contributed by atoms with Crippen molar-refractivity contribution in [3.8, 4) is 0 Å². The van der Waals surface area contributed by atoms with E-state index in [0.717, 1.165) is 38.3 Å². The lowest BCUT2D eigenvalue weighted by atomic mass is 9.74. The zero-order valence-electron chi connectivity index (χ0n) is 8.87. The van der Waals surface area contributed by atoms with Crippen LogP contribution in [0.2, 0.25) is 0 Å². The van der Waals surface area contributed by atoms with Crippen molar-refractivity contribution in [1.29, 1.82) is 0 Å². The molecule has 2 fully saturated rings. The van der Waals surface area contributed by atoms with Crippen molar-refractivity contribution in [1.82, 2.24) is 20.0 Å². The molecule has 0 aromatic carbocycles. The highest BCUT2D eigenvalue weighted by Gasteiger charge is 2.47. The maximum Gasteiger partial charge on any atom is 0.333 e. The normalized spacial score (nSPS) is 23.4. The summed E-state index contributed by atoms with van der Waals surface area (Å²) in [6.07, 6.45) is 2.95. The van der Waals surface area contributed by atoms with Crippen LogP contribution in [0.5, 0.6) is 0 Å². The summed E-state index contributed by atoms with van der Waals surface area (Å²) in [4.78, 5) is 2.27. The molecule has 16 heavy (non-hydrogen) atoms. The van der Waals surface area contributed by atoms with E-state index in [2.05, 4.69) is 15.3 Å². The molecule has 0 unspecified atom stereocenters. The monoisotopic (exact) mass is 228 g/mol. The second-order valence-electron chi connectivity index (χ2n) is 4.85. The van der Waals surface area contributed by atoms with E-state index in [9.17, 15) is 8.78 Å². The number of hydrogen-bond acceptors (Lipinski definition) is 3. The number of rotatable bonds is 3. The summed E-state index contributed by atoms with van der Waals surface area (Å²) in [5.74, 6) is 0. The average molecular weight is 228 g/mol. The van der Waals surface area contributed by atoms with Gasteiger partial charge in [0.1, 0.15) is 0 Å². The van der Waals surface area contributed by atoms with Gasteiger partial charge in [0, 0.05) is 49.9 Å². The van der Waals surface area contributed by atoms with Crippen LogP contribution >= 0.6 is 0 Å². The number of aromatic nitrogens is 2. The van der Waals surface area contributed by atoms with E-state index in [0.29, 0.717) is 10.1 Å². The molecule has 1 aromatic heterocycles. The van der Waals surface area contributed by atoms with Gasteiger partial charge in [0.2, 0.25) is 0 Å². The minimum atomic E-state index is -2.53. The van der Waals surface area contributed by atoms with E-state index in [1.54, 1.807) is 0 Å². The van der Waals surface area contributed by atoms with Gasteiger partial charge < -0.3 is 5.32 Å². The Hall–Kier alpha value is -1.01. The van der Waals surface area contributed by atoms with E-state index in [4.69, 9.17) is 0 Å². The van der Waals surface area contributed by atoms with Gasteiger partial charge in [-0.3, -0.25) is 4.90 Å². The van der Waals surface area contributed by atoms with Crippen molar-refractivity contribution >= 4 is 0 Å². The molecule has 88 valence electrons. The third kappa shape index (κ3) is 1.62. The average Bonchev–Trinajstić information content (AvgIpc) is 2.55. The Morgan fingerprint density at radius 1 is 1.44 bits per heavy atom. The predicted molar refractivity (Wildman–Crippen MR) is 54.1 cm³/mol. The molecule has 3 rings (SSSR count). The summed E-state index contributed by atoms with van der Waals surface area (Å²) in [5.41, 5.74) is 1.35. The molecule has 1 aromatic rings. The zero-order valence-corrected chi connectivity index (χ0v) is 8.87. The van der Waals surface area contributed by atoms with Crippen LogP contribution in [0.3, 0.4) is 0 Å². The molecular formula is C10H14F2N4. The molecule has 2 aliphatic rings. The van der Waals surface area contributed by atoms with Crippen LogP contribution in [0.1, 0.15) is 12.1 Å². The Morgan fingerprint density at radius 3 is 2.69 bits per heavy atom. The van der Waals surface area contributed by atoms with Crippen molar-refractivity contribution < 1.29 is 8.78 Å². The van der Waals surface area contributed by atoms with Crippen LogP contribution in [0.25, 0.3) is 0 Å². The van der Waals surface area contributed by atoms with Crippen molar-refractivity contribution in [3.63, 3.8) is 0 Å². The van der Waals surface area contributed by atoms with Gasteiger partial charge in [0.15, 0.2) is 0 Å². The summed E-state index contributed by atoms with van der Waals surface area (Å²) < 4.78 is 25.3. The Labute approximate surface area is 92.2 Å². The first-order valence-electron chi connectivity index (χ1n) is 5.41. The number of halogens is 2. The molecular weight excluding hydrogens is 214 g/mol. The van der Waals surface area contributed by atoms with Crippen LogP contribution in [-0.2, 0) is 6.54 Å². The van der Waals surface area contributed by atoms with Gasteiger partial charge >= 0.3 is 6.55 Å². The number of nitrogens with zero attached hydrogens (tertiary/aromatic N) is 3. The summed E-state index contributed by atoms with van der Waals surface area (Å²) in [7, 11) is 0. The van der Waals surface area contributed by atoms with Crippen LogP contribution < -0.4 is 5.32 Å². The first-order chi connectivity index (χ1) is 7.67. The fourth-order valence-corrected chi connectivity index (χ4v) is 2.54. The van der Waals surface area contributed by atoms with Crippen LogP contribution in [0, 0.1) is 5.41 Å². The van der Waals surface area contributed by atoms with Crippen molar-refractivity contribution in [2.75, 3.05) is 26.2 Å². The maximum atomic E-state index is 12.3. The van der Waals surface area contributed by atoms with Gasteiger partial charge in [-0.2, -0.15) is 13.9 Å². The Bertz CT molecular complexity index is 378. The quantitative estimate of drug-likeness (QED) is 0.826. The van der Waals surface area contributed by atoms with Gasteiger partial charge in [-0.05, 0) is 0 Å². The van der Waals surface area contributed by atoms with Crippen LogP contribution in [0.15, 0.2) is 12.4 Å². The van der Waals surface area contributed by atoms with E-state index in [1.165, 1.54) is 12.4 Å². The summed E-state index contributed by atoms with van der Waals surface area (Å²) in [6.45, 7) is 2.53. The molecule has 0 radical (unpaired) electrons. The number of nitrogens with one attached hydrogen (secondary N) is 1. The highest BCUT2D eigenvalue weighted by atomic mass is 19.3. The van der Waals surface area contributed by atoms with E-state index in [-0.39, 0.29) is 0 Å². The van der Waals surface area contributed by atoms with Crippen molar-refractivity contribution in [3.05, 3.63) is 18.0 Å². The van der Waals surface area contributed by atoms with E-state index >= 15 is 0 Å². The summed E-state index contributed by atoms with van der Waals surface area (Å²) >= 11 is 0. The number of alkyl halides is 2. The van der Waals surface area contributed by atoms with Gasteiger partial charge in [-0.25, -0.2) is 4.68 Å². The molecule has 0 bridgehead atoms. The molecule has 0 atom stereocenters. The van der Waals surface area contributed by atoms with Crippen LogP contribution in [-0.4, -0.2) is 40.9 Å². The molecule has 4 nitrogen and oxygen atoms in total. The minimum Gasteiger partial charge on any atom is -0.315 e. The Kier molecular flexibility index (Phi) is 2.22. The molecule has 2 saturated heterocycles. The molecule has 0 aliphatic carbocycles. The molecule has 2 aliphatic heterocycles. The first-order valence-corrected chi connectivity index (χ1v) is 5.41. The second-order valence-corrected chi connectivity index (χ2v) is 4.85. The minimum absolute atomic E-state index is 0.485. The lowest BCUT2D eigenvalue weighted by Gasteiger charge is -2.56. The fourth-order valence-electron chi connectivity index (χ4n) is 2.54. The molecule has 1 N–H and O–H groups in total. The molecule has 1 spiro atoms. The van der Waals surface area contributed by atoms with Gasteiger partial charge in [0.25, 0.3) is 0 Å². The summed E-state index contributed by atoms with van der Waals surface area (Å²) in [6, 6.07) is 0. The number of likely N-dealkylation sites (tertiary alicyclic amines) is 1. The molecule has 6 heteroatoms. The predicted octanol–water partition coefficient (Wildman–Crippen LogP) is 0.683. The summed E-state index contributed by atoms with van der Waals surface area (Å²) in [5, 5.41) is 6.89. The van der Waals surface area contributed by atoms with Crippen molar-refractivity contribution in [2.45, 2.75) is 13.1 Å². The third-order valence-electron chi connectivity index (χ3n) is 3.38. The lowest BCUT2D eigenvalue weighted by molar-refractivity contribution is -0.0445. The Balaban J connectivity index is 1.55.